The van der Waals surface area contributed by atoms with E-state index >= 15 is 0 Å². The van der Waals surface area contributed by atoms with Crippen molar-refractivity contribution >= 4 is 11.5 Å². The molecule has 0 aliphatic heterocycles. The quantitative estimate of drug-likeness (QED) is 0.683. The molecule has 4 rings (SSSR count). The van der Waals surface area contributed by atoms with Crippen LogP contribution in [0.25, 0.3) is 16.8 Å². The van der Waals surface area contributed by atoms with Crippen LogP contribution in [0.1, 0.15) is 12.1 Å². The number of allylic oxidation sites excluding steroid dienone is 5. The van der Waals surface area contributed by atoms with Crippen LogP contribution in [0, 0.1) is 6.92 Å². The molecule has 3 aromatic rings. The van der Waals surface area contributed by atoms with Crippen LogP contribution in [0.5, 0.6) is 0 Å². The van der Waals surface area contributed by atoms with E-state index in [2.05, 4.69) is 63.7 Å². The lowest BCUT2D eigenvalue weighted by molar-refractivity contribution is 0.756. The molecule has 0 spiro atoms. The Morgan fingerprint density at radius 2 is 2.11 bits per heavy atom. The number of aryl methyl sites for hydroxylation is 2. The third kappa shape index (κ3) is 3.81. The van der Waals surface area contributed by atoms with Crippen LogP contribution < -0.4 is 4.90 Å². The molecule has 0 N–H and O–H groups in total. The molecule has 0 unspecified atom stereocenters. The highest BCUT2D eigenvalue weighted by Crippen LogP contribution is 2.25. The van der Waals surface area contributed by atoms with Crippen molar-refractivity contribution in [2.75, 3.05) is 18.5 Å². The molecule has 0 atom stereocenters. The summed E-state index contributed by atoms with van der Waals surface area (Å²) in [5.74, 6) is 0.950. The van der Waals surface area contributed by atoms with E-state index < -0.39 is 0 Å². The molecule has 3 aromatic heterocycles. The van der Waals surface area contributed by atoms with Gasteiger partial charge in [-0.25, -0.2) is 9.67 Å². The summed E-state index contributed by atoms with van der Waals surface area (Å²) in [6, 6.07) is 6.09. The van der Waals surface area contributed by atoms with Gasteiger partial charge in [0, 0.05) is 51.0 Å². The third-order valence-electron chi connectivity index (χ3n) is 4.83. The van der Waals surface area contributed by atoms with E-state index in [4.69, 9.17) is 0 Å². The Bertz CT molecular complexity index is 1050. The largest absolute Gasteiger partial charge is 0.356 e. The van der Waals surface area contributed by atoms with Gasteiger partial charge < -0.3 is 4.90 Å². The molecule has 1 aliphatic carbocycles. The minimum Gasteiger partial charge on any atom is -0.356 e. The van der Waals surface area contributed by atoms with Crippen molar-refractivity contribution in [1.29, 1.82) is 0 Å². The van der Waals surface area contributed by atoms with Gasteiger partial charge in [0.2, 0.25) is 0 Å². The SMILES string of the molecule is Cc1nn(C)cc1-c1ccnc(N(C)CC2=CC=C(n3cccn3)C=CC2)c1. The van der Waals surface area contributed by atoms with Crippen molar-refractivity contribution in [3.8, 4) is 11.1 Å². The van der Waals surface area contributed by atoms with Gasteiger partial charge in [-0.15, -0.1) is 0 Å². The molecule has 0 fully saturated rings. The molecule has 1 aliphatic rings. The highest BCUT2D eigenvalue weighted by Gasteiger charge is 2.11. The summed E-state index contributed by atoms with van der Waals surface area (Å²) in [5.41, 5.74) is 5.69. The summed E-state index contributed by atoms with van der Waals surface area (Å²) >= 11 is 0. The van der Waals surface area contributed by atoms with Gasteiger partial charge >= 0.3 is 0 Å². The Hall–Kier alpha value is -3.41. The Labute approximate surface area is 165 Å². The van der Waals surface area contributed by atoms with Gasteiger partial charge in [0.25, 0.3) is 0 Å². The molecule has 0 amide bonds. The summed E-state index contributed by atoms with van der Waals surface area (Å²) in [5, 5.41) is 8.75. The van der Waals surface area contributed by atoms with Crippen molar-refractivity contribution in [3.63, 3.8) is 0 Å². The number of rotatable bonds is 5. The molecule has 6 nitrogen and oxygen atoms in total. The van der Waals surface area contributed by atoms with Crippen molar-refractivity contribution in [2.24, 2.45) is 7.05 Å². The lowest BCUT2D eigenvalue weighted by Gasteiger charge is -2.20. The van der Waals surface area contributed by atoms with Crippen LogP contribution in [-0.2, 0) is 7.05 Å². The summed E-state index contributed by atoms with van der Waals surface area (Å²) < 4.78 is 3.72. The maximum Gasteiger partial charge on any atom is 0.129 e. The first-order valence-corrected chi connectivity index (χ1v) is 9.34. The molecule has 3 heterocycles. The molecule has 142 valence electrons. The Morgan fingerprint density at radius 3 is 2.86 bits per heavy atom. The molecule has 0 radical (unpaired) electrons. The standard InChI is InChI=1S/C22H24N6/c1-17-21(16-27(3)25-17)19-10-12-23-22(14-19)26(2)15-18-6-4-7-20(9-8-18)28-13-5-11-24-28/h4-5,7-14,16H,6,15H2,1-3H3. The van der Waals surface area contributed by atoms with Gasteiger partial charge in [-0.2, -0.15) is 10.2 Å². The molecule has 28 heavy (non-hydrogen) atoms. The fourth-order valence-corrected chi connectivity index (χ4v) is 3.41. The molecular formula is C22H24N6. The van der Waals surface area contributed by atoms with Crippen LogP contribution in [-0.4, -0.2) is 38.1 Å². The summed E-state index contributed by atoms with van der Waals surface area (Å²) in [4.78, 5) is 6.75. The van der Waals surface area contributed by atoms with Crippen molar-refractivity contribution in [2.45, 2.75) is 13.3 Å². The highest BCUT2D eigenvalue weighted by atomic mass is 15.3. The van der Waals surface area contributed by atoms with Gasteiger partial charge in [-0.05, 0) is 54.8 Å². The molecule has 0 saturated carbocycles. The highest BCUT2D eigenvalue weighted by molar-refractivity contribution is 5.68. The second kappa shape index (κ2) is 7.68. The summed E-state index contributed by atoms with van der Waals surface area (Å²) in [7, 11) is 4.03. The Balaban J connectivity index is 1.53. The van der Waals surface area contributed by atoms with Crippen LogP contribution >= 0.6 is 0 Å². The molecule has 0 saturated heterocycles. The van der Waals surface area contributed by atoms with E-state index in [-0.39, 0.29) is 0 Å². The smallest absolute Gasteiger partial charge is 0.129 e. The number of anilines is 1. The average molecular weight is 372 g/mol. The maximum atomic E-state index is 4.57. The zero-order valence-corrected chi connectivity index (χ0v) is 16.4. The van der Waals surface area contributed by atoms with Crippen molar-refractivity contribution in [3.05, 3.63) is 78.6 Å². The summed E-state index contributed by atoms with van der Waals surface area (Å²) in [6.45, 7) is 2.85. The first-order valence-electron chi connectivity index (χ1n) is 9.34. The minimum atomic E-state index is 0.815. The number of hydrogen-bond acceptors (Lipinski definition) is 4. The molecule has 6 heteroatoms. The van der Waals surface area contributed by atoms with Crippen molar-refractivity contribution in [1.82, 2.24) is 24.5 Å². The van der Waals surface area contributed by atoms with Crippen LogP contribution in [0.15, 0.2) is 72.9 Å². The lowest BCUT2D eigenvalue weighted by atomic mass is 10.1. The van der Waals surface area contributed by atoms with E-state index in [1.54, 1.807) is 6.20 Å². The number of pyridine rings is 1. The number of likely N-dealkylation sites (N-methyl/N-ethyl adjacent to an activating group) is 1. The summed E-state index contributed by atoms with van der Waals surface area (Å²) in [6.07, 6.45) is 17.2. The van der Waals surface area contributed by atoms with E-state index in [0.717, 1.165) is 41.3 Å². The molecular weight excluding hydrogens is 348 g/mol. The Kier molecular flexibility index (Phi) is 4.93. The monoisotopic (exact) mass is 372 g/mol. The third-order valence-corrected chi connectivity index (χ3v) is 4.83. The zero-order valence-electron chi connectivity index (χ0n) is 16.4. The van der Waals surface area contributed by atoms with Crippen LogP contribution in [0.3, 0.4) is 0 Å². The van der Waals surface area contributed by atoms with Gasteiger partial charge in [0.05, 0.1) is 11.4 Å². The van der Waals surface area contributed by atoms with Crippen molar-refractivity contribution < 1.29 is 0 Å². The van der Waals surface area contributed by atoms with Crippen LogP contribution in [0.2, 0.25) is 0 Å². The Morgan fingerprint density at radius 1 is 1.21 bits per heavy atom. The fourth-order valence-electron chi connectivity index (χ4n) is 3.41. The first kappa shape index (κ1) is 18.0. The maximum absolute atomic E-state index is 4.57. The van der Waals surface area contributed by atoms with E-state index in [1.807, 2.05) is 47.9 Å². The lowest BCUT2D eigenvalue weighted by Crippen LogP contribution is -2.21. The van der Waals surface area contributed by atoms with Gasteiger partial charge in [0.1, 0.15) is 5.82 Å². The minimum absolute atomic E-state index is 0.815. The van der Waals surface area contributed by atoms with Gasteiger partial charge in [0.15, 0.2) is 0 Å². The molecule has 0 bridgehead atoms. The van der Waals surface area contributed by atoms with E-state index in [9.17, 15) is 0 Å². The van der Waals surface area contributed by atoms with Gasteiger partial charge in [-0.3, -0.25) is 4.68 Å². The second-order valence-corrected chi connectivity index (χ2v) is 7.03. The topological polar surface area (TPSA) is 51.8 Å². The zero-order chi connectivity index (χ0) is 19.5. The average Bonchev–Trinajstić information content (AvgIpc) is 3.27. The van der Waals surface area contributed by atoms with E-state index in [0.29, 0.717) is 0 Å². The molecule has 0 aromatic carbocycles. The number of nitrogens with zero attached hydrogens (tertiary/aromatic N) is 6. The van der Waals surface area contributed by atoms with Crippen LogP contribution in [0.4, 0.5) is 5.82 Å². The first-order chi connectivity index (χ1) is 13.6. The van der Waals surface area contributed by atoms with E-state index in [1.165, 1.54) is 5.57 Å². The predicted octanol–water partition coefficient (Wildman–Crippen LogP) is 3.85. The number of aromatic nitrogens is 5. The van der Waals surface area contributed by atoms with Gasteiger partial charge in [-0.1, -0.05) is 12.2 Å². The normalized spacial score (nSPS) is 13.8. The fraction of sp³-hybridized carbons (Fsp3) is 0.227. The second-order valence-electron chi connectivity index (χ2n) is 7.03. The number of hydrogen-bond donors (Lipinski definition) is 0. The predicted molar refractivity (Wildman–Crippen MR) is 113 cm³/mol.